The Bertz CT molecular complexity index is 1040. The summed E-state index contributed by atoms with van der Waals surface area (Å²) in [6, 6.07) is 0.320. The molecule has 1 aromatic rings. The summed E-state index contributed by atoms with van der Waals surface area (Å²) in [5, 5.41) is 7.47. The molecule has 0 spiro atoms. The molecule has 5 N–H and O–H groups in total. The van der Waals surface area contributed by atoms with E-state index >= 15 is 4.39 Å². The molecule has 5 saturated heterocycles. The number of carbonyl (C=O) groups is 2. The van der Waals surface area contributed by atoms with Crippen LogP contribution in [0.3, 0.4) is 0 Å². The number of nitrogens with zero attached hydrogens (tertiary/aromatic N) is 5. The summed E-state index contributed by atoms with van der Waals surface area (Å²) < 4.78 is 28.8. The third kappa shape index (κ3) is 4.67. The minimum Gasteiger partial charge on any atom is -0.367 e. The molecule has 0 aromatic carbocycles. The third-order valence-corrected chi connectivity index (χ3v) is 8.54. The molecule has 11 nitrogen and oxygen atoms in total. The van der Waals surface area contributed by atoms with Crippen LogP contribution in [0.4, 0.5) is 20.2 Å². The molecule has 202 valence electrons. The SMILES string of the molecule is NC1NN2CC(F)CNC2C1C(=O)Nc1cncc(F)c1N1CCC(C(=O)N2CCN3CC[C@H]2C3)CC1. The summed E-state index contributed by atoms with van der Waals surface area (Å²) in [7, 11) is 0. The largest absolute Gasteiger partial charge is 0.367 e. The molecule has 5 aliphatic heterocycles. The number of pyridine rings is 1. The van der Waals surface area contributed by atoms with Gasteiger partial charge in [0.05, 0.1) is 36.3 Å². The van der Waals surface area contributed by atoms with E-state index in [0.29, 0.717) is 32.0 Å². The van der Waals surface area contributed by atoms with E-state index in [1.165, 1.54) is 6.20 Å². The molecule has 5 aliphatic rings. The van der Waals surface area contributed by atoms with Crippen molar-refractivity contribution in [3.63, 3.8) is 0 Å². The first kappa shape index (κ1) is 24.9. The Morgan fingerprint density at radius 1 is 1.08 bits per heavy atom. The fourth-order valence-corrected chi connectivity index (χ4v) is 6.61. The van der Waals surface area contributed by atoms with Crippen LogP contribution < -0.4 is 26.7 Å². The Hall–Kier alpha value is -2.45. The van der Waals surface area contributed by atoms with Crippen LogP contribution in [-0.4, -0.2) is 109 Å². The van der Waals surface area contributed by atoms with Gasteiger partial charge < -0.3 is 20.9 Å². The second-order valence-corrected chi connectivity index (χ2v) is 10.8. The summed E-state index contributed by atoms with van der Waals surface area (Å²) in [5.74, 6) is -1.49. The lowest BCUT2D eigenvalue weighted by atomic mass is 9.93. The van der Waals surface area contributed by atoms with Crippen molar-refractivity contribution in [1.29, 1.82) is 0 Å². The van der Waals surface area contributed by atoms with Crippen molar-refractivity contribution < 1.29 is 18.4 Å². The van der Waals surface area contributed by atoms with Gasteiger partial charge in [0.2, 0.25) is 11.8 Å². The van der Waals surface area contributed by atoms with Crippen LogP contribution in [0.2, 0.25) is 0 Å². The topological polar surface area (TPSA) is 122 Å². The van der Waals surface area contributed by atoms with Crippen LogP contribution in [0.15, 0.2) is 12.4 Å². The number of hydrogen-bond acceptors (Lipinski definition) is 9. The van der Waals surface area contributed by atoms with Crippen LogP contribution in [0.25, 0.3) is 0 Å². The van der Waals surface area contributed by atoms with E-state index in [9.17, 15) is 14.0 Å². The molecular formula is C24H35F2N9O2. The van der Waals surface area contributed by atoms with Gasteiger partial charge in [-0.15, -0.1) is 0 Å². The highest BCUT2D eigenvalue weighted by molar-refractivity contribution is 5.96. The molecule has 1 aromatic heterocycles. The van der Waals surface area contributed by atoms with Crippen molar-refractivity contribution in [3.8, 4) is 0 Å². The van der Waals surface area contributed by atoms with Gasteiger partial charge in [-0.25, -0.2) is 19.2 Å². The molecule has 5 unspecified atom stereocenters. The summed E-state index contributed by atoms with van der Waals surface area (Å²) in [6.07, 6.45) is 2.63. The Balaban J connectivity index is 1.12. The number of halogens is 2. The van der Waals surface area contributed by atoms with Gasteiger partial charge in [0.1, 0.15) is 11.9 Å². The number of alkyl halides is 1. The fraction of sp³-hybridized carbons (Fsp3) is 0.708. The van der Waals surface area contributed by atoms with Crippen molar-refractivity contribution in [3.05, 3.63) is 18.2 Å². The Kier molecular flexibility index (Phi) is 6.74. The lowest BCUT2D eigenvalue weighted by molar-refractivity contribution is -0.139. The molecule has 2 bridgehead atoms. The number of carbonyl (C=O) groups excluding carboxylic acids is 2. The Morgan fingerprint density at radius 2 is 1.89 bits per heavy atom. The Morgan fingerprint density at radius 3 is 2.70 bits per heavy atom. The summed E-state index contributed by atoms with van der Waals surface area (Å²) >= 11 is 0. The minimum atomic E-state index is -1.06. The first-order chi connectivity index (χ1) is 17.9. The zero-order chi connectivity index (χ0) is 25.7. The Labute approximate surface area is 214 Å². The number of amides is 2. The average Bonchev–Trinajstić information content (AvgIpc) is 3.42. The lowest BCUT2D eigenvalue weighted by Crippen LogP contribution is -2.58. The number of piperazine rings is 1. The zero-order valence-corrected chi connectivity index (χ0v) is 20.8. The van der Waals surface area contributed by atoms with Crippen molar-refractivity contribution >= 4 is 23.2 Å². The van der Waals surface area contributed by atoms with Crippen LogP contribution in [0.1, 0.15) is 19.3 Å². The van der Waals surface area contributed by atoms with E-state index in [1.54, 1.807) is 5.01 Å². The molecule has 2 amide bonds. The minimum absolute atomic E-state index is 0.0726. The average molecular weight is 520 g/mol. The van der Waals surface area contributed by atoms with Crippen LogP contribution >= 0.6 is 0 Å². The van der Waals surface area contributed by atoms with E-state index in [0.717, 1.165) is 38.8 Å². The second kappa shape index (κ2) is 10.0. The van der Waals surface area contributed by atoms with E-state index < -0.39 is 36.1 Å². The van der Waals surface area contributed by atoms with Gasteiger partial charge in [-0.1, -0.05) is 0 Å². The molecule has 6 heterocycles. The number of hydrazine groups is 1. The number of rotatable bonds is 4. The zero-order valence-electron chi connectivity index (χ0n) is 20.8. The third-order valence-electron chi connectivity index (χ3n) is 8.54. The molecule has 5 fully saturated rings. The molecule has 6 rings (SSSR count). The number of anilines is 2. The molecule has 6 atom stereocenters. The maximum absolute atomic E-state index is 15.1. The van der Waals surface area contributed by atoms with Gasteiger partial charge in [0.15, 0.2) is 5.82 Å². The molecule has 0 aliphatic carbocycles. The number of fused-ring (bicyclic) bond motifs is 3. The number of hydrogen-bond donors (Lipinski definition) is 4. The van der Waals surface area contributed by atoms with Gasteiger partial charge >= 0.3 is 0 Å². The van der Waals surface area contributed by atoms with E-state index in [2.05, 4.69) is 30.8 Å². The highest BCUT2D eigenvalue weighted by Crippen LogP contribution is 2.34. The van der Waals surface area contributed by atoms with Crippen LogP contribution in [-0.2, 0) is 9.59 Å². The number of nitrogens with two attached hydrogens (primary N) is 1. The van der Waals surface area contributed by atoms with Crippen LogP contribution in [0, 0.1) is 17.7 Å². The predicted octanol–water partition coefficient (Wildman–Crippen LogP) is -0.719. The standard InChI is InChI=1S/C24H35F2N9O2/c25-15-9-29-22-19(21(27)31-35(22)12-15)23(36)30-18-11-28-10-17(26)20(18)33-5-1-14(2-6-33)24(37)34-8-7-32-4-3-16(34)13-32/h10-11,14-16,19,21-22,29,31H,1-9,12-13,27H2,(H,30,36)/t15?,16-,19?,21?,22?/m0/s1. The van der Waals surface area contributed by atoms with Crippen LogP contribution in [0.5, 0.6) is 0 Å². The van der Waals surface area contributed by atoms with Crippen molar-refractivity contribution in [2.45, 2.75) is 43.8 Å². The van der Waals surface area contributed by atoms with Gasteiger partial charge in [-0.05, 0) is 19.3 Å². The van der Waals surface area contributed by atoms with Gasteiger partial charge in [0, 0.05) is 64.3 Å². The maximum atomic E-state index is 15.1. The predicted molar refractivity (Wildman–Crippen MR) is 132 cm³/mol. The van der Waals surface area contributed by atoms with Gasteiger partial charge in [0.25, 0.3) is 0 Å². The molecule has 0 radical (unpaired) electrons. The summed E-state index contributed by atoms with van der Waals surface area (Å²) in [5.41, 5.74) is 9.65. The molecular weight excluding hydrogens is 484 g/mol. The van der Waals surface area contributed by atoms with E-state index in [1.807, 2.05) is 4.90 Å². The maximum Gasteiger partial charge on any atom is 0.233 e. The van der Waals surface area contributed by atoms with Crippen molar-refractivity contribution in [2.24, 2.45) is 17.6 Å². The molecule has 0 saturated carbocycles. The normalized spacial score (nSPS) is 34.5. The monoisotopic (exact) mass is 519 g/mol. The van der Waals surface area contributed by atoms with Crippen molar-refractivity contribution in [1.82, 2.24) is 30.5 Å². The second-order valence-electron chi connectivity index (χ2n) is 10.8. The van der Waals surface area contributed by atoms with E-state index in [-0.39, 0.29) is 36.3 Å². The molecule has 37 heavy (non-hydrogen) atoms. The number of nitrogens with one attached hydrogen (secondary N) is 3. The number of aromatic nitrogens is 1. The van der Waals surface area contributed by atoms with Crippen molar-refractivity contribution in [2.75, 3.05) is 62.6 Å². The molecule has 13 heteroatoms. The quantitative estimate of drug-likeness (QED) is 0.408. The van der Waals surface area contributed by atoms with Gasteiger partial charge in [-0.3, -0.25) is 24.8 Å². The first-order valence-electron chi connectivity index (χ1n) is 13.3. The number of piperidine rings is 1. The summed E-state index contributed by atoms with van der Waals surface area (Å²) in [6.45, 7) is 5.04. The highest BCUT2D eigenvalue weighted by atomic mass is 19.1. The van der Waals surface area contributed by atoms with Gasteiger partial charge in [-0.2, -0.15) is 0 Å². The fourth-order valence-electron chi connectivity index (χ4n) is 6.61. The smallest absolute Gasteiger partial charge is 0.233 e. The van der Waals surface area contributed by atoms with E-state index in [4.69, 9.17) is 5.73 Å². The first-order valence-corrected chi connectivity index (χ1v) is 13.3. The summed E-state index contributed by atoms with van der Waals surface area (Å²) in [4.78, 5) is 36.9. The lowest BCUT2D eigenvalue weighted by Gasteiger charge is -2.40. The highest BCUT2D eigenvalue weighted by Gasteiger charge is 2.47.